The van der Waals surface area contributed by atoms with Crippen molar-refractivity contribution >= 4 is 11.3 Å². The van der Waals surface area contributed by atoms with Crippen LogP contribution in [-0.4, -0.2) is 25.7 Å². The van der Waals surface area contributed by atoms with E-state index in [2.05, 4.69) is 6.92 Å². The van der Waals surface area contributed by atoms with E-state index in [0.717, 1.165) is 40.6 Å². The minimum Gasteiger partial charge on any atom is -0.493 e. The molecule has 0 spiro atoms. The number of methoxy groups -OCH3 is 2. The monoisotopic (exact) mass is 292 g/mol. The number of ether oxygens (including phenoxy) is 2. The van der Waals surface area contributed by atoms with Gasteiger partial charge in [-0.3, -0.25) is 0 Å². The fourth-order valence-electron chi connectivity index (χ4n) is 2.06. The summed E-state index contributed by atoms with van der Waals surface area (Å²) in [5.41, 5.74) is 7.75. The average Bonchev–Trinajstić information content (AvgIpc) is 2.90. The number of nitrogens with two attached hydrogens (primary N) is 1. The smallest absolute Gasteiger partial charge is 0.161 e. The molecule has 2 rings (SSSR count). The molecule has 1 aromatic heterocycles. The van der Waals surface area contributed by atoms with Gasteiger partial charge in [0.05, 0.1) is 24.9 Å². The molecule has 108 valence electrons. The first-order chi connectivity index (χ1) is 9.73. The Hall–Kier alpha value is -1.59. The molecule has 1 aromatic carbocycles. The molecule has 1 heterocycles. The Labute approximate surface area is 123 Å². The van der Waals surface area contributed by atoms with Gasteiger partial charge in [0.15, 0.2) is 11.5 Å². The van der Waals surface area contributed by atoms with E-state index in [9.17, 15) is 0 Å². The summed E-state index contributed by atoms with van der Waals surface area (Å²) in [5.74, 6) is 1.44. The lowest BCUT2D eigenvalue weighted by Gasteiger charge is -2.09. The Morgan fingerprint density at radius 3 is 2.55 bits per heavy atom. The highest BCUT2D eigenvalue weighted by molar-refractivity contribution is 7.12. The number of aromatic nitrogens is 1. The molecule has 0 aliphatic carbocycles. The molecule has 0 radical (unpaired) electrons. The zero-order valence-electron chi connectivity index (χ0n) is 12.1. The van der Waals surface area contributed by atoms with E-state index in [1.54, 1.807) is 25.6 Å². The van der Waals surface area contributed by atoms with Crippen molar-refractivity contribution in [2.24, 2.45) is 5.73 Å². The van der Waals surface area contributed by atoms with Gasteiger partial charge in [0.1, 0.15) is 0 Å². The number of nitrogens with zero attached hydrogens (tertiary/aromatic N) is 1. The summed E-state index contributed by atoms with van der Waals surface area (Å²) in [6, 6.07) is 5.88. The van der Waals surface area contributed by atoms with Gasteiger partial charge < -0.3 is 15.2 Å². The molecule has 0 fully saturated rings. The Kier molecular flexibility index (Phi) is 4.98. The first kappa shape index (κ1) is 14.8. The molecule has 2 N–H and O–H groups in total. The van der Waals surface area contributed by atoms with Gasteiger partial charge in [-0.2, -0.15) is 0 Å². The Balaban J connectivity index is 2.47. The Morgan fingerprint density at radius 1 is 1.20 bits per heavy atom. The second kappa shape index (κ2) is 6.72. The number of hydrogen-bond donors (Lipinski definition) is 1. The van der Waals surface area contributed by atoms with Crippen molar-refractivity contribution in [2.45, 2.75) is 19.8 Å². The zero-order valence-corrected chi connectivity index (χ0v) is 12.9. The van der Waals surface area contributed by atoms with E-state index in [-0.39, 0.29) is 0 Å². The van der Waals surface area contributed by atoms with Crippen LogP contribution in [0, 0.1) is 0 Å². The van der Waals surface area contributed by atoms with Crippen LogP contribution >= 0.6 is 11.3 Å². The topological polar surface area (TPSA) is 57.4 Å². The summed E-state index contributed by atoms with van der Waals surface area (Å²) in [4.78, 5) is 5.95. The molecule has 5 heteroatoms. The molecule has 0 atom stereocenters. The summed E-state index contributed by atoms with van der Waals surface area (Å²) >= 11 is 1.74. The van der Waals surface area contributed by atoms with E-state index in [1.165, 1.54) is 4.88 Å². The molecular formula is C15H20N2O2S. The Morgan fingerprint density at radius 2 is 1.95 bits per heavy atom. The van der Waals surface area contributed by atoms with Crippen molar-refractivity contribution in [1.82, 2.24) is 4.98 Å². The molecule has 0 aliphatic rings. The van der Waals surface area contributed by atoms with E-state index in [0.29, 0.717) is 6.54 Å². The summed E-state index contributed by atoms with van der Waals surface area (Å²) in [7, 11) is 3.27. The van der Waals surface area contributed by atoms with Gasteiger partial charge in [-0.1, -0.05) is 6.92 Å². The Bertz CT molecular complexity index is 581. The number of hydrogen-bond acceptors (Lipinski definition) is 5. The summed E-state index contributed by atoms with van der Waals surface area (Å²) < 4.78 is 10.6. The molecular weight excluding hydrogens is 272 g/mol. The summed E-state index contributed by atoms with van der Waals surface area (Å²) in [6.45, 7) is 2.75. The van der Waals surface area contributed by atoms with E-state index < -0.39 is 0 Å². The molecule has 2 aromatic rings. The van der Waals surface area contributed by atoms with Crippen LogP contribution in [0.2, 0.25) is 0 Å². The van der Waals surface area contributed by atoms with Crippen molar-refractivity contribution in [1.29, 1.82) is 0 Å². The van der Waals surface area contributed by atoms with Crippen molar-refractivity contribution < 1.29 is 9.47 Å². The van der Waals surface area contributed by atoms with E-state index >= 15 is 0 Å². The standard InChI is InChI=1S/C15H20N2O2S/c1-4-14-17-15(13(20-14)7-8-16)10-5-6-11(18-2)12(9-10)19-3/h5-6,9H,4,7-8,16H2,1-3H3. The van der Waals surface area contributed by atoms with Crippen LogP contribution in [0.4, 0.5) is 0 Å². The molecule has 20 heavy (non-hydrogen) atoms. The van der Waals surface area contributed by atoms with Crippen molar-refractivity contribution in [3.63, 3.8) is 0 Å². The largest absolute Gasteiger partial charge is 0.493 e. The first-order valence-electron chi connectivity index (χ1n) is 6.64. The number of rotatable bonds is 6. The van der Waals surface area contributed by atoms with Crippen LogP contribution in [0.1, 0.15) is 16.8 Å². The third-order valence-electron chi connectivity index (χ3n) is 3.07. The minimum atomic E-state index is 0.631. The molecule has 4 nitrogen and oxygen atoms in total. The highest BCUT2D eigenvalue weighted by Crippen LogP contribution is 2.35. The molecule has 0 aliphatic heterocycles. The maximum Gasteiger partial charge on any atom is 0.161 e. The van der Waals surface area contributed by atoms with Gasteiger partial charge in [0, 0.05) is 10.4 Å². The predicted molar refractivity (Wildman–Crippen MR) is 82.8 cm³/mol. The second-order valence-corrected chi connectivity index (χ2v) is 5.51. The van der Waals surface area contributed by atoms with Crippen LogP contribution in [0.25, 0.3) is 11.3 Å². The molecule has 0 saturated heterocycles. The van der Waals surface area contributed by atoms with Gasteiger partial charge in [-0.25, -0.2) is 4.98 Å². The van der Waals surface area contributed by atoms with Gasteiger partial charge in [0.2, 0.25) is 0 Å². The lowest BCUT2D eigenvalue weighted by atomic mass is 10.1. The lowest BCUT2D eigenvalue weighted by molar-refractivity contribution is 0.355. The third kappa shape index (κ3) is 2.94. The van der Waals surface area contributed by atoms with Gasteiger partial charge in [-0.05, 0) is 37.6 Å². The fraction of sp³-hybridized carbons (Fsp3) is 0.400. The fourth-order valence-corrected chi connectivity index (χ4v) is 3.11. The molecule has 0 saturated carbocycles. The van der Waals surface area contributed by atoms with Gasteiger partial charge >= 0.3 is 0 Å². The molecule has 0 amide bonds. The number of thiazole rings is 1. The highest BCUT2D eigenvalue weighted by atomic mass is 32.1. The minimum absolute atomic E-state index is 0.631. The number of aryl methyl sites for hydroxylation is 1. The highest BCUT2D eigenvalue weighted by Gasteiger charge is 2.14. The summed E-state index contributed by atoms with van der Waals surface area (Å²) in [5, 5.41) is 1.14. The van der Waals surface area contributed by atoms with Crippen LogP contribution in [0.3, 0.4) is 0 Å². The van der Waals surface area contributed by atoms with E-state index in [1.807, 2.05) is 18.2 Å². The average molecular weight is 292 g/mol. The van der Waals surface area contributed by atoms with Crippen LogP contribution in [-0.2, 0) is 12.8 Å². The summed E-state index contributed by atoms with van der Waals surface area (Å²) in [6.07, 6.45) is 1.79. The van der Waals surface area contributed by atoms with Gasteiger partial charge in [0.25, 0.3) is 0 Å². The van der Waals surface area contributed by atoms with Crippen molar-refractivity contribution in [2.75, 3.05) is 20.8 Å². The van der Waals surface area contributed by atoms with Crippen molar-refractivity contribution in [3.8, 4) is 22.8 Å². The van der Waals surface area contributed by atoms with Crippen LogP contribution in [0.15, 0.2) is 18.2 Å². The second-order valence-electron chi connectivity index (χ2n) is 4.34. The van der Waals surface area contributed by atoms with Gasteiger partial charge in [-0.15, -0.1) is 11.3 Å². The maximum atomic E-state index is 5.69. The zero-order chi connectivity index (χ0) is 14.5. The third-order valence-corrected chi connectivity index (χ3v) is 4.33. The SMILES string of the molecule is CCc1nc(-c2ccc(OC)c(OC)c2)c(CCN)s1. The first-order valence-corrected chi connectivity index (χ1v) is 7.46. The lowest BCUT2D eigenvalue weighted by Crippen LogP contribution is -2.02. The maximum absolute atomic E-state index is 5.69. The molecule has 0 unspecified atom stereocenters. The quantitative estimate of drug-likeness (QED) is 0.889. The normalized spacial score (nSPS) is 10.6. The van der Waals surface area contributed by atoms with E-state index in [4.69, 9.17) is 20.2 Å². The van der Waals surface area contributed by atoms with Crippen LogP contribution < -0.4 is 15.2 Å². The van der Waals surface area contributed by atoms with Crippen LogP contribution in [0.5, 0.6) is 11.5 Å². The van der Waals surface area contributed by atoms with Crippen molar-refractivity contribution in [3.05, 3.63) is 28.1 Å². The predicted octanol–water partition coefficient (Wildman–Crippen LogP) is 2.89. The number of benzene rings is 1. The molecule has 0 bridgehead atoms.